The Morgan fingerprint density at radius 2 is 1.81 bits per heavy atom. The number of anilines is 1. The van der Waals surface area contributed by atoms with Crippen molar-refractivity contribution < 1.29 is 22.4 Å². The highest BCUT2D eigenvalue weighted by Crippen LogP contribution is 2.29. The summed E-state index contributed by atoms with van der Waals surface area (Å²) in [5.74, 6) is -0.184. The maximum Gasteiger partial charge on any atom is 0.238 e. The zero-order valence-electron chi connectivity index (χ0n) is 24.6. The number of imidazole rings is 1. The number of rotatable bonds is 13. The monoisotopic (exact) mass is 605 g/mol. The highest BCUT2D eigenvalue weighted by molar-refractivity contribution is 7.89. The first-order valence-corrected chi connectivity index (χ1v) is 15.9. The van der Waals surface area contributed by atoms with Gasteiger partial charge in [-0.1, -0.05) is 51.1 Å². The maximum absolute atomic E-state index is 15.6. The van der Waals surface area contributed by atoms with E-state index in [1.54, 1.807) is 71.2 Å². The van der Waals surface area contributed by atoms with Crippen molar-refractivity contribution >= 4 is 27.4 Å². The largest absolute Gasteiger partial charge is 0.321 e. The summed E-state index contributed by atoms with van der Waals surface area (Å²) in [6.45, 7) is 5.92. The van der Waals surface area contributed by atoms with Crippen LogP contribution in [-0.2, 0) is 34.2 Å². The van der Waals surface area contributed by atoms with E-state index in [9.17, 15) is 18.0 Å². The quantitative estimate of drug-likeness (QED) is 0.206. The second kappa shape index (κ2) is 13.8. The first kappa shape index (κ1) is 31.7. The minimum Gasteiger partial charge on any atom is -0.321 e. The van der Waals surface area contributed by atoms with Crippen LogP contribution >= 0.6 is 0 Å². The van der Waals surface area contributed by atoms with Gasteiger partial charge in [-0.25, -0.2) is 22.9 Å². The number of Topliss-reactive ketones (excluding diaryl/α,β-unsaturated/α-hetero) is 1. The van der Waals surface area contributed by atoms with Crippen LogP contribution in [0.2, 0.25) is 0 Å². The highest BCUT2D eigenvalue weighted by atomic mass is 32.2. The van der Waals surface area contributed by atoms with Crippen molar-refractivity contribution in [3.05, 3.63) is 95.6 Å². The molecule has 0 bridgehead atoms. The number of hydrogen-bond acceptors (Lipinski definition) is 6. The lowest BCUT2D eigenvalue weighted by Crippen LogP contribution is -2.32. The standard InChI is InChI=1S/C32H36FN5O4S/c1-4-10-30-36-27(5-2)32(28(39)16-18-37(31(40)6-3)24-11-9-17-35-20-24)38(30)21-23-15-14-22(19-26(23)33)25-12-7-8-13-29(25)43(34,41)42/h7-9,11-15,17,19-20H,4-6,10,16,18,21H2,1-3H3,(H2,34,41,42). The van der Waals surface area contributed by atoms with Crippen molar-refractivity contribution in [3.8, 4) is 11.1 Å². The molecule has 2 N–H and O–H groups in total. The third-order valence-corrected chi connectivity index (χ3v) is 8.17. The van der Waals surface area contributed by atoms with Crippen molar-refractivity contribution in [2.75, 3.05) is 11.4 Å². The fourth-order valence-electron chi connectivity index (χ4n) is 5.10. The molecule has 0 atom stereocenters. The number of halogens is 1. The molecule has 0 radical (unpaired) electrons. The minimum atomic E-state index is -4.02. The molecule has 1 amide bonds. The Morgan fingerprint density at radius 1 is 1.05 bits per heavy atom. The first-order valence-electron chi connectivity index (χ1n) is 14.3. The van der Waals surface area contributed by atoms with Gasteiger partial charge in [-0.15, -0.1) is 0 Å². The molecule has 2 heterocycles. The fourth-order valence-corrected chi connectivity index (χ4v) is 5.86. The summed E-state index contributed by atoms with van der Waals surface area (Å²) in [5, 5.41) is 5.38. The average Bonchev–Trinajstić information content (AvgIpc) is 3.35. The number of aromatic nitrogens is 3. The zero-order valence-corrected chi connectivity index (χ0v) is 25.4. The molecule has 226 valence electrons. The van der Waals surface area contributed by atoms with Gasteiger partial charge in [0.25, 0.3) is 0 Å². The van der Waals surface area contributed by atoms with Crippen LogP contribution in [0.25, 0.3) is 11.1 Å². The topological polar surface area (TPSA) is 128 Å². The molecule has 0 saturated carbocycles. The zero-order chi connectivity index (χ0) is 31.1. The van der Waals surface area contributed by atoms with Gasteiger partial charge in [0, 0.05) is 43.1 Å². The summed E-state index contributed by atoms with van der Waals surface area (Å²) >= 11 is 0. The third-order valence-electron chi connectivity index (χ3n) is 7.20. The molecule has 2 aromatic heterocycles. The van der Waals surface area contributed by atoms with Crippen LogP contribution in [0.5, 0.6) is 0 Å². The van der Waals surface area contributed by atoms with Crippen molar-refractivity contribution in [2.24, 2.45) is 5.14 Å². The summed E-state index contributed by atoms with van der Waals surface area (Å²) < 4.78 is 41.6. The van der Waals surface area contributed by atoms with E-state index in [1.165, 1.54) is 12.1 Å². The molecule has 4 aromatic rings. The SMILES string of the molecule is CCCc1nc(CC)c(C(=O)CCN(C(=O)CC)c2cccnc2)n1Cc1ccc(-c2ccccc2S(N)(=O)=O)cc1F. The van der Waals surface area contributed by atoms with Gasteiger partial charge in [0.05, 0.1) is 29.0 Å². The van der Waals surface area contributed by atoms with Gasteiger partial charge in [-0.05, 0) is 42.7 Å². The molecule has 0 unspecified atom stereocenters. The van der Waals surface area contributed by atoms with Gasteiger partial charge in [-0.2, -0.15) is 0 Å². The van der Waals surface area contributed by atoms with Crippen LogP contribution in [0.15, 0.2) is 71.9 Å². The minimum absolute atomic E-state index is 0.0522. The number of ketones is 1. The summed E-state index contributed by atoms with van der Waals surface area (Å²) in [6.07, 6.45) is 5.42. The van der Waals surface area contributed by atoms with E-state index in [2.05, 4.69) is 4.98 Å². The summed E-state index contributed by atoms with van der Waals surface area (Å²) in [7, 11) is -4.02. The van der Waals surface area contributed by atoms with Crippen molar-refractivity contribution in [3.63, 3.8) is 0 Å². The Hall–Kier alpha value is -4.22. The number of carbonyl (C=O) groups is 2. The molecule has 9 nitrogen and oxygen atoms in total. The predicted octanol–water partition coefficient (Wildman–Crippen LogP) is 5.31. The van der Waals surface area contributed by atoms with E-state index < -0.39 is 15.8 Å². The number of nitrogens with zero attached hydrogens (tertiary/aromatic N) is 4. The highest BCUT2D eigenvalue weighted by Gasteiger charge is 2.25. The lowest BCUT2D eigenvalue weighted by molar-refractivity contribution is -0.118. The van der Waals surface area contributed by atoms with Gasteiger partial charge >= 0.3 is 0 Å². The van der Waals surface area contributed by atoms with Gasteiger partial charge in [0.15, 0.2) is 5.78 Å². The first-order chi connectivity index (χ1) is 20.6. The van der Waals surface area contributed by atoms with E-state index >= 15 is 4.39 Å². The van der Waals surface area contributed by atoms with Crippen molar-refractivity contribution in [1.82, 2.24) is 14.5 Å². The Balaban J connectivity index is 1.68. The van der Waals surface area contributed by atoms with E-state index in [1.807, 2.05) is 13.8 Å². The Kier molecular flexibility index (Phi) is 10.2. The summed E-state index contributed by atoms with van der Waals surface area (Å²) in [4.78, 5) is 36.8. The van der Waals surface area contributed by atoms with Gasteiger partial charge in [0.2, 0.25) is 15.9 Å². The van der Waals surface area contributed by atoms with Crippen LogP contribution < -0.4 is 10.0 Å². The van der Waals surface area contributed by atoms with E-state index in [4.69, 9.17) is 10.1 Å². The lowest BCUT2D eigenvalue weighted by Gasteiger charge is -2.22. The second-order valence-electron chi connectivity index (χ2n) is 10.1. The second-order valence-corrected chi connectivity index (χ2v) is 11.7. The fraction of sp³-hybridized carbons (Fsp3) is 0.312. The van der Waals surface area contributed by atoms with Crippen LogP contribution in [-0.4, -0.2) is 41.2 Å². The smallest absolute Gasteiger partial charge is 0.238 e. The van der Waals surface area contributed by atoms with Crippen LogP contribution in [0.1, 0.15) is 67.6 Å². The number of carbonyl (C=O) groups excluding carboxylic acids is 2. The third kappa shape index (κ3) is 7.23. The van der Waals surface area contributed by atoms with Gasteiger partial charge in [0.1, 0.15) is 17.3 Å². The molecular weight excluding hydrogens is 569 g/mol. The van der Waals surface area contributed by atoms with E-state index in [0.717, 1.165) is 6.42 Å². The molecule has 0 aliphatic heterocycles. The van der Waals surface area contributed by atoms with Crippen molar-refractivity contribution in [1.29, 1.82) is 0 Å². The van der Waals surface area contributed by atoms with E-state index in [-0.39, 0.29) is 42.5 Å². The van der Waals surface area contributed by atoms with E-state index in [0.29, 0.717) is 52.4 Å². The predicted molar refractivity (Wildman–Crippen MR) is 164 cm³/mol. The molecule has 11 heteroatoms. The Labute approximate surface area is 251 Å². The number of benzene rings is 2. The molecule has 0 fully saturated rings. The maximum atomic E-state index is 15.6. The van der Waals surface area contributed by atoms with Gasteiger partial charge in [-0.3, -0.25) is 14.6 Å². The lowest BCUT2D eigenvalue weighted by atomic mass is 10.0. The number of nitrogens with two attached hydrogens (primary N) is 1. The molecule has 0 aliphatic rings. The van der Waals surface area contributed by atoms with Crippen LogP contribution in [0, 0.1) is 5.82 Å². The number of sulfonamides is 1. The van der Waals surface area contributed by atoms with Crippen molar-refractivity contribution in [2.45, 2.75) is 64.3 Å². The normalized spacial score (nSPS) is 11.5. The van der Waals surface area contributed by atoms with Crippen LogP contribution in [0.4, 0.5) is 10.1 Å². The molecular formula is C32H36FN5O4S. The summed E-state index contributed by atoms with van der Waals surface area (Å²) in [5.41, 5.74) is 2.64. The average molecular weight is 606 g/mol. The molecule has 4 rings (SSSR count). The Morgan fingerprint density at radius 3 is 2.44 bits per heavy atom. The summed E-state index contributed by atoms with van der Waals surface area (Å²) in [6, 6.07) is 14.2. The van der Waals surface area contributed by atoms with Gasteiger partial charge < -0.3 is 9.47 Å². The molecule has 0 saturated heterocycles. The molecule has 43 heavy (non-hydrogen) atoms. The number of primary sulfonamides is 1. The molecule has 0 aliphatic carbocycles. The number of pyridine rings is 1. The van der Waals surface area contributed by atoms with Crippen LogP contribution in [0.3, 0.4) is 0 Å². The molecule has 2 aromatic carbocycles. The Bertz CT molecular complexity index is 1720. The molecule has 0 spiro atoms. The number of aryl methyl sites for hydroxylation is 2. The number of hydrogen-bond donors (Lipinski definition) is 1. The number of amides is 1.